The third-order valence-corrected chi connectivity index (χ3v) is 3.55. The molecule has 1 fully saturated rings. The molecule has 0 aromatic rings. The zero-order valence-corrected chi connectivity index (χ0v) is 10.9. The fraction of sp³-hybridized carbons (Fsp3) is 0.923. The van der Waals surface area contributed by atoms with Crippen molar-refractivity contribution in [2.45, 2.75) is 45.4 Å². The number of nitrogens with one attached hydrogen (secondary N) is 2. The maximum absolute atomic E-state index is 12.3. The van der Waals surface area contributed by atoms with E-state index in [1.54, 1.807) is 0 Å². The van der Waals surface area contributed by atoms with Gasteiger partial charge in [0.15, 0.2) is 0 Å². The van der Waals surface area contributed by atoms with Crippen molar-refractivity contribution in [1.82, 2.24) is 10.6 Å². The molecule has 1 atom stereocenters. The van der Waals surface area contributed by atoms with Gasteiger partial charge in [-0.3, -0.25) is 4.79 Å². The predicted octanol–water partition coefficient (Wildman–Crippen LogP) is 1.04. The van der Waals surface area contributed by atoms with Gasteiger partial charge in [-0.1, -0.05) is 13.3 Å². The highest BCUT2D eigenvalue weighted by Gasteiger charge is 2.38. The highest BCUT2D eigenvalue weighted by molar-refractivity contribution is 5.83. The largest absolute Gasteiger partial charge is 0.396 e. The van der Waals surface area contributed by atoms with Gasteiger partial charge in [-0.2, -0.15) is 0 Å². The van der Waals surface area contributed by atoms with Crippen LogP contribution in [0.25, 0.3) is 0 Å². The summed E-state index contributed by atoms with van der Waals surface area (Å²) in [5, 5.41) is 15.1. The molecule has 0 saturated carbocycles. The highest BCUT2D eigenvalue weighted by Crippen LogP contribution is 2.31. The van der Waals surface area contributed by atoms with Gasteiger partial charge in [-0.05, 0) is 38.6 Å². The summed E-state index contributed by atoms with van der Waals surface area (Å²) in [7, 11) is 0. The Kier molecular flexibility index (Phi) is 6.52. The van der Waals surface area contributed by atoms with Gasteiger partial charge in [-0.15, -0.1) is 0 Å². The smallest absolute Gasteiger partial charge is 0.227 e. The zero-order chi connectivity index (χ0) is 12.6. The number of hydrogen-bond acceptors (Lipinski definition) is 3. The predicted molar refractivity (Wildman–Crippen MR) is 68.8 cm³/mol. The maximum Gasteiger partial charge on any atom is 0.227 e. The molecule has 1 rings (SSSR count). The van der Waals surface area contributed by atoms with Gasteiger partial charge in [0.2, 0.25) is 5.91 Å². The molecule has 0 radical (unpaired) electrons. The Balaban J connectivity index is 2.42. The van der Waals surface area contributed by atoms with E-state index in [-0.39, 0.29) is 17.9 Å². The van der Waals surface area contributed by atoms with Crippen molar-refractivity contribution in [1.29, 1.82) is 0 Å². The summed E-state index contributed by atoms with van der Waals surface area (Å²) in [6, 6.07) is 0. The Morgan fingerprint density at radius 1 is 1.47 bits per heavy atom. The number of aliphatic hydroxyl groups excluding tert-OH is 1. The molecule has 0 aromatic carbocycles. The number of aliphatic hydroxyl groups is 1. The number of amides is 1. The van der Waals surface area contributed by atoms with E-state index in [4.69, 9.17) is 5.11 Å². The van der Waals surface area contributed by atoms with Crippen LogP contribution in [-0.2, 0) is 4.79 Å². The summed E-state index contributed by atoms with van der Waals surface area (Å²) >= 11 is 0. The van der Waals surface area contributed by atoms with E-state index in [0.29, 0.717) is 6.54 Å². The van der Waals surface area contributed by atoms with Crippen molar-refractivity contribution in [3.05, 3.63) is 0 Å². The molecule has 0 aliphatic carbocycles. The first kappa shape index (κ1) is 14.5. The second-order valence-electron chi connectivity index (χ2n) is 5.00. The van der Waals surface area contributed by atoms with Gasteiger partial charge >= 0.3 is 0 Å². The molecule has 1 saturated heterocycles. The minimum atomic E-state index is -0.188. The molecule has 0 spiro atoms. The van der Waals surface area contributed by atoms with E-state index in [9.17, 15) is 4.79 Å². The van der Waals surface area contributed by atoms with Crippen molar-refractivity contribution < 1.29 is 9.90 Å². The van der Waals surface area contributed by atoms with Crippen molar-refractivity contribution >= 4 is 5.91 Å². The van der Waals surface area contributed by atoms with Crippen LogP contribution >= 0.6 is 0 Å². The molecule has 100 valence electrons. The summed E-state index contributed by atoms with van der Waals surface area (Å²) < 4.78 is 0. The van der Waals surface area contributed by atoms with Gasteiger partial charge in [-0.25, -0.2) is 0 Å². The number of piperidine rings is 1. The molecule has 1 aliphatic rings. The molecule has 1 heterocycles. The molecule has 1 amide bonds. The van der Waals surface area contributed by atoms with Crippen molar-refractivity contribution in [3.8, 4) is 0 Å². The summed E-state index contributed by atoms with van der Waals surface area (Å²) in [6.07, 6.45) is 5.72. The lowest BCUT2D eigenvalue weighted by Crippen LogP contribution is -2.50. The second-order valence-corrected chi connectivity index (χ2v) is 5.00. The van der Waals surface area contributed by atoms with Gasteiger partial charge in [0.05, 0.1) is 5.41 Å². The number of unbranched alkanes of at least 4 members (excludes halogenated alkanes) is 1. The van der Waals surface area contributed by atoms with Crippen molar-refractivity contribution in [2.75, 3.05) is 26.2 Å². The molecule has 1 aliphatic heterocycles. The van der Waals surface area contributed by atoms with Crippen molar-refractivity contribution in [3.63, 3.8) is 0 Å². The second kappa shape index (κ2) is 7.67. The number of hydrogen-bond donors (Lipinski definition) is 3. The molecule has 4 heteroatoms. The number of carbonyl (C=O) groups excluding carboxylic acids is 1. The van der Waals surface area contributed by atoms with Crippen LogP contribution in [0.4, 0.5) is 0 Å². The molecule has 1 unspecified atom stereocenters. The monoisotopic (exact) mass is 242 g/mol. The molecule has 3 N–H and O–H groups in total. The van der Waals surface area contributed by atoms with Gasteiger partial charge in [0.25, 0.3) is 0 Å². The minimum Gasteiger partial charge on any atom is -0.396 e. The number of rotatable bonds is 7. The molecule has 0 aromatic heterocycles. The highest BCUT2D eigenvalue weighted by atomic mass is 16.2. The molecule has 17 heavy (non-hydrogen) atoms. The van der Waals surface area contributed by atoms with Gasteiger partial charge < -0.3 is 15.7 Å². The first-order chi connectivity index (χ1) is 8.25. The molecule has 4 nitrogen and oxygen atoms in total. The fourth-order valence-corrected chi connectivity index (χ4v) is 2.59. The third kappa shape index (κ3) is 4.28. The van der Waals surface area contributed by atoms with Gasteiger partial charge in [0.1, 0.15) is 0 Å². The molecular formula is C13H26N2O2. The minimum absolute atomic E-state index is 0.188. The topological polar surface area (TPSA) is 61.4 Å². The molecular weight excluding hydrogens is 216 g/mol. The zero-order valence-electron chi connectivity index (χ0n) is 10.9. The van der Waals surface area contributed by atoms with E-state index < -0.39 is 0 Å². The quantitative estimate of drug-likeness (QED) is 0.585. The Bertz CT molecular complexity index is 220. The summed E-state index contributed by atoms with van der Waals surface area (Å²) in [6.45, 7) is 4.87. The Labute approximate surface area is 104 Å². The van der Waals surface area contributed by atoms with E-state index in [1.165, 1.54) is 0 Å². The van der Waals surface area contributed by atoms with Crippen LogP contribution in [0, 0.1) is 5.41 Å². The first-order valence-electron chi connectivity index (χ1n) is 6.85. The summed E-state index contributed by atoms with van der Waals surface area (Å²) in [5.74, 6) is 0.199. The Morgan fingerprint density at radius 3 is 2.88 bits per heavy atom. The summed E-state index contributed by atoms with van der Waals surface area (Å²) in [4.78, 5) is 12.3. The normalized spacial score (nSPS) is 24.6. The van der Waals surface area contributed by atoms with Crippen LogP contribution < -0.4 is 10.6 Å². The molecule has 0 bridgehead atoms. The van der Waals surface area contributed by atoms with Crippen LogP contribution in [0.3, 0.4) is 0 Å². The van der Waals surface area contributed by atoms with Crippen LogP contribution in [0.5, 0.6) is 0 Å². The van der Waals surface area contributed by atoms with Crippen LogP contribution in [0.15, 0.2) is 0 Å². The van der Waals surface area contributed by atoms with E-state index >= 15 is 0 Å². The standard InChI is InChI=1S/C13H26N2O2/c1-2-6-13(7-5-8-14-11-13)12(17)15-9-3-4-10-16/h14,16H,2-11H2,1H3,(H,15,17). The van der Waals surface area contributed by atoms with Crippen LogP contribution in [0.2, 0.25) is 0 Å². The van der Waals surface area contributed by atoms with Gasteiger partial charge in [0, 0.05) is 19.7 Å². The average molecular weight is 242 g/mol. The maximum atomic E-state index is 12.3. The summed E-state index contributed by atoms with van der Waals surface area (Å²) in [5.41, 5.74) is -0.188. The van der Waals surface area contributed by atoms with Crippen LogP contribution in [-0.4, -0.2) is 37.3 Å². The van der Waals surface area contributed by atoms with E-state index in [1.807, 2.05) is 0 Å². The lowest BCUT2D eigenvalue weighted by molar-refractivity contribution is -0.132. The lowest BCUT2D eigenvalue weighted by Gasteiger charge is -2.36. The Morgan fingerprint density at radius 2 is 2.29 bits per heavy atom. The van der Waals surface area contributed by atoms with Crippen LogP contribution in [0.1, 0.15) is 45.4 Å². The van der Waals surface area contributed by atoms with E-state index in [2.05, 4.69) is 17.6 Å². The Hall–Kier alpha value is -0.610. The first-order valence-corrected chi connectivity index (χ1v) is 6.85. The SMILES string of the molecule is CCCC1(C(=O)NCCCCO)CCCNC1. The third-order valence-electron chi connectivity index (χ3n) is 3.55. The van der Waals surface area contributed by atoms with E-state index in [0.717, 1.165) is 51.6 Å². The lowest BCUT2D eigenvalue weighted by atomic mass is 9.76. The average Bonchev–Trinajstić information content (AvgIpc) is 2.36. The fourth-order valence-electron chi connectivity index (χ4n) is 2.59. The number of carbonyl (C=O) groups is 1. The van der Waals surface area contributed by atoms with Crippen molar-refractivity contribution in [2.24, 2.45) is 5.41 Å².